The van der Waals surface area contributed by atoms with E-state index >= 15 is 0 Å². The van der Waals surface area contributed by atoms with Gasteiger partial charge in [0.05, 0.1) is 0 Å². The summed E-state index contributed by atoms with van der Waals surface area (Å²) in [4.78, 5) is 10.6. The Kier molecular flexibility index (Phi) is 3.69. The fraction of sp³-hybridized carbons (Fsp3) is 0.571. The Labute approximate surface area is 60.1 Å². The maximum Gasteiger partial charge on any atom is 0.246 e. The minimum Gasteiger partial charge on any atom is -0.350 e. The number of hydrogen-bond donors (Lipinski definition) is 1. The van der Waals surface area contributed by atoms with Gasteiger partial charge in [0.2, 0.25) is 5.91 Å². The van der Waals surface area contributed by atoms with E-state index in [2.05, 4.69) is 5.32 Å². The smallest absolute Gasteiger partial charge is 0.246 e. The molecule has 0 aromatic heterocycles. The quantitative estimate of drug-likeness (QED) is 0.584. The highest BCUT2D eigenvalue weighted by atomic mass is 19.1. The van der Waals surface area contributed by atoms with Crippen LogP contribution in [0.15, 0.2) is 11.9 Å². The van der Waals surface area contributed by atoms with Crippen LogP contribution in [0.4, 0.5) is 4.39 Å². The largest absolute Gasteiger partial charge is 0.350 e. The maximum atomic E-state index is 12.0. The standard InChI is InChI=1S/C7H12FNO/c1-5(2)9-7(10)4-6(3)8/h4-5H,1-3H3,(H,9,10)/b6-4-. The van der Waals surface area contributed by atoms with E-state index in [1.165, 1.54) is 6.92 Å². The van der Waals surface area contributed by atoms with Gasteiger partial charge >= 0.3 is 0 Å². The number of hydrogen-bond acceptors (Lipinski definition) is 1. The number of carbonyl (C=O) groups excluding carboxylic acids is 1. The van der Waals surface area contributed by atoms with Gasteiger partial charge in [-0.2, -0.15) is 0 Å². The van der Waals surface area contributed by atoms with Crippen molar-refractivity contribution in [3.63, 3.8) is 0 Å². The Morgan fingerprint density at radius 1 is 1.60 bits per heavy atom. The van der Waals surface area contributed by atoms with Crippen molar-refractivity contribution in [1.82, 2.24) is 5.32 Å². The van der Waals surface area contributed by atoms with Gasteiger partial charge in [-0.1, -0.05) is 0 Å². The third-order valence-corrected chi connectivity index (χ3v) is 0.761. The lowest BCUT2D eigenvalue weighted by Gasteiger charge is -2.03. The monoisotopic (exact) mass is 145 g/mol. The average molecular weight is 145 g/mol. The fourth-order valence-electron chi connectivity index (χ4n) is 0.507. The molecule has 10 heavy (non-hydrogen) atoms. The Morgan fingerprint density at radius 3 is 2.40 bits per heavy atom. The van der Waals surface area contributed by atoms with Crippen molar-refractivity contribution in [2.75, 3.05) is 0 Å². The predicted octanol–water partition coefficient (Wildman–Crippen LogP) is 1.38. The summed E-state index contributed by atoms with van der Waals surface area (Å²) in [6.07, 6.45) is 0.931. The van der Waals surface area contributed by atoms with E-state index in [0.717, 1.165) is 6.08 Å². The zero-order chi connectivity index (χ0) is 8.15. The number of rotatable bonds is 2. The number of amides is 1. The molecule has 0 spiro atoms. The van der Waals surface area contributed by atoms with Crippen LogP contribution >= 0.6 is 0 Å². The molecule has 2 nitrogen and oxygen atoms in total. The van der Waals surface area contributed by atoms with Crippen LogP contribution in [0.5, 0.6) is 0 Å². The normalized spacial score (nSPS) is 11.9. The predicted molar refractivity (Wildman–Crippen MR) is 38.1 cm³/mol. The van der Waals surface area contributed by atoms with E-state index in [1.807, 2.05) is 13.8 Å². The zero-order valence-corrected chi connectivity index (χ0v) is 6.44. The molecule has 0 saturated heterocycles. The maximum absolute atomic E-state index is 12.0. The molecule has 0 aromatic rings. The lowest BCUT2D eigenvalue weighted by atomic mass is 10.4. The van der Waals surface area contributed by atoms with Gasteiger partial charge in [-0.05, 0) is 20.8 Å². The number of nitrogens with one attached hydrogen (secondary N) is 1. The summed E-state index contributed by atoms with van der Waals surface area (Å²) in [5.41, 5.74) is 0. The van der Waals surface area contributed by atoms with Crippen LogP contribution in [0.25, 0.3) is 0 Å². The summed E-state index contributed by atoms with van der Waals surface area (Å²) in [6, 6.07) is 0.0584. The molecule has 0 unspecified atom stereocenters. The van der Waals surface area contributed by atoms with Gasteiger partial charge in [0, 0.05) is 12.1 Å². The summed E-state index contributed by atoms with van der Waals surface area (Å²) in [5.74, 6) is -0.854. The summed E-state index contributed by atoms with van der Waals surface area (Å²) in [7, 11) is 0. The number of halogens is 1. The van der Waals surface area contributed by atoms with E-state index in [0.29, 0.717) is 0 Å². The number of allylic oxidation sites excluding steroid dienone is 1. The van der Waals surface area contributed by atoms with Crippen molar-refractivity contribution in [1.29, 1.82) is 0 Å². The molecule has 0 bridgehead atoms. The summed E-state index contributed by atoms with van der Waals surface area (Å²) >= 11 is 0. The summed E-state index contributed by atoms with van der Waals surface area (Å²) in [5, 5.41) is 2.52. The second kappa shape index (κ2) is 4.04. The van der Waals surface area contributed by atoms with Gasteiger partial charge < -0.3 is 5.32 Å². The van der Waals surface area contributed by atoms with Crippen LogP contribution in [-0.2, 0) is 4.79 Å². The molecular formula is C7H12FNO. The van der Waals surface area contributed by atoms with Crippen LogP contribution in [0, 0.1) is 0 Å². The number of carbonyl (C=O) groups is 1. The molecule has 0 heterocycles. The second-order valence-electron chi connectivity index (χ2n) is 2.39. The van der Waals surface area contributed by atoms with Crippen molar-refractivity contribution in [2.45, 2.75) is 26.8 Å². The second-order valence-corrected chi connectivity index (χ2v) is 2.39. The van der Waals surface area contributed by atoms with Crippen LogP contribution in [-0.4, -0.2) is 11.9 Å². The summed E-state index contributed by atoms with van der Waals surface area (Å²) in [6.45, 7) is 4.87. The highest BCUT2D eigenvalue weighted by Crippen LogP contribution is 1.91. The van der Waals surface area contributed by atoms with E-state index in [1.54, 1.807) is 0 Å². The molecule has 3 heteroatoms. The van der Waals surface area contributed by atoms with Gasteiger partial charge in [0.25, 0.3) is 0 Å². The molecule has 0 fully saturated rings. The van der Waals surface area contributed by atoms with Crippen LogP contribution in [0.2, 0.25) is 0 Å². The molecule has 58 valence electrons. The first-order valence-electron chi connectivity index (χ1n) is 3.16. The van der Waals surface area contributed by atoms with Gasteiger partial charge in [0.15, 0.2) is 0 Å². The molecule has 0 atom stereocenters. The van der Waals surface area contributed by atoms with Crippen molar-refractivity contribution in [3.8, 4) is 0 Å². The minimum atomic E-state index is -0.474. The molecule has 0 radical (unpaired) electrons. The Balaban J connectivity index is 3.76. The van der Waals surface area contributed by atoms with Crippen molar-refractivity contribution in [3.05, 3.63) is 11.9 Å². The van der Waals surface area contributed by atoms with E-state index in [-0.39, 0.29) is 11.9 Å². The molecule has 0 aliphatic heterocycles. The molecule has 0 saturated carbocycles. The first-order chi connectivity index (χ1) is 4.52. The zero-order valence-electron chi connectivity index (χ0n) is 6.44. The van der Waals surface area contributed by atoms with Crippen LogP contribution in [0.3, 0.4) is 0 Å². The van der Waals surface area contributed by atoms with Gasteiger partial charge in [-0.25, -0.2) is 4.39 Å². The van der Waals surface area contributed by atoms with E-state index in [9.17, 15) is 9.18 Å². The highest BCUT2D eigenvalue weighted by molar-refractivity contribution is 5.87. The van der Waals surface area contributed by atoms with Gasteiger partial charge in [-0.3, -0.25) is 4.79 Å². The van der Waals surface area contributed by atoms with Crippen molar-refractivity contribution in [2.24, 2.45) is 0 Å². The highest BCUT2D eigenvalue weighted by Gasteiger charge is 1.98. The molecule has 1 N–H and O–H groups in total. The SMILES string of the molecule is C/C(F)=C/C(=O)NC(C)C. The molecule has 0 rings (SSSR count). The van der Waals surface area contributed by atoms with E-state index in [4.69, 9.17) is 0 Å². The van der Waals surface area contributed by atoms with Gasteiger partial charge in [-0.15, -0.1) is 0 Å². The first kappa shape index (κ1) is 9.14. The topological polar surface area (TPSA) is 29.1 Å². The minimum absolute atomic E-state index is 0.0584. The first-order valence-corrected chi connectivity index (χ1v) is 3.16. The molecule has 0 aromatic carbocycles. The third kappa shape index (κ3) is 5.28. The Bertz CT molecular complexity index is 148. The molecular weight excluding hydrogens is 133 g/mol. The summed E-state index contributed by atoms with van der Waals surface area (Å²) < 4.78 is 12.0. The Morgan fingerprint density at radius 2 is 2.10 bits per heavy atom. The lowest BCUT2D eigenvalue weighted by Crippen LogP contribution is -2.28. The molecule has 1 amide bonds. The van der Waals surface area contributed by atoms with Gasteiger partial charge in [0.1, 0.15) is 5.83 Å². The van der Waals surface area contributed by atoms with Crippen molar-refractivity contribution >= 4 is 5.91 Å². The van der Waals surface area contributed by atoms with Crippen LogP contribution < -0.4 is 5.32 Å². The van der Waals surface area contributed by atoms with Crippen LogP contribution in [0.1, 0.15) is 20.8 Å². The average Bonchev–Trinajstić information content (AvgIpc) is 1.58. The van der Waals surface area contributed by atoms with E-state index < -0.39 is 5.83 Å². The Hall–Kier alpha value is -0.860. The third-order valence-electron chi connectivity index (χ3n) is 0.761. The molecule has 0 aliphatic rings. The van der Waals surface area contributed by atoms with Crippen molar-refractivity contribution < 1.29 is 9.18 Å². The fourth-order valence-corrected chi connectivity index (χ4v) is 0.507. The lowest BCUT2D eigenvalue weighted by molar-refractivity contribution is -0.117. The molecule has 0 aliphatic carbocycles.